The summed E-state index contributed by atoms with van der Waals surface area (Å²) in [5.74, 6) is -0.319. The van der Waals surface area contributed by atoms with Crippen LogP contribution in [0.2, 0.25) is 0 Å². The van der Waals surface area contributed by atoms with E-state index in [1.807, 2.05) is 0 Å². The molecule has 0 saturated heterocycles. The number of halogens is 6. The maximum atomic E-state index is 12.4. The minimum Gasteiger partial charge on any atom is -0.490 e. The van der Waals surface area contributed by atoms with Gasteiger partial charge < -0.3 is 9.84 Å². The first-order valence-electron chi connectivity index (χ1n) is 5.68. The molecule has 1 N–H and O–H groups in total. The van der Waals surface area contributed by atoms with Gasteiger partial charge in [-0.1, -0.05) is 19.9 Å². The topological polar surface area (TPSA) is 29.5 Å². The van der Waals surface area contributed by atoms with Crippen molar-refractivity contribution in [3.05, 3.63) is 24.0 Å². The van der Waals surface area contributed by atoms with Crippen LogP contribution in [0.25, 0.3) is 0 Å². The molecular formula is C12H16F6O2. The normalized spacial score (nSPS) is 15.2. The SMILES string of the molecule is C/C=C\C(=C/C(C)C)OCC(O)(C(F)(F)F)C(F)(F)F. The van der Waals surface area contributed by atoms with Gasteiger partial charge in [0, 0.05) is 0 Å². The average molecular weight is 306 g/mol. The first-order chi connectivity index (χ1) is 8.85. The van der Waals surface area contributed by atoms with Gasteiger partial charge in [0.1, 0.15) is 12.4 Å². The fourth-order valence-corrected chi connectivity index (χ4v) is 1.16. The molecule has 8 heteroatoms. The highest BCUT2D eigenvalue weighted by atomic mass is 19.4. The summed E-state index contributed by atoms with van der Waals surface area (Å²) in [4.78, 5) is 0. The molecule has 20 heavy (non-hydrogen) atoms. The highest BCUT2D eigenvalue weighted by Gasteiger charge is 2.71. The molecule has 0 radical (unpaired) electrons. The molecule has 0 aromatic carbocycles. The molecule has 0 aliphatic rings. The second-order valence-electron chi connectivity index (χ2n) is 4.46. The Balaban J connectivity index is 5.23. The van der Waals surface area contributed by atoms with E-state index in [9.17, 15) is 26.3 Å². The lowest BCUT2D eigenvalue weighted by molar-refractivity contribution is -0.376. The van der Waals surface area contributed by atoms with E-state index in [0.717, 1.165) is 0 Å². The van der Waals surface area contributed by atoms with Crippen molar-refractivity contribution >= 4 is 0 Å². The molecule has 0 rings (SSSR count). The van der Waals surface area contributed by atoms with Gasteiger partial charge in [-0.05, 0) is 25.0 Å². The van der Waals surface area contributed by atoms with Crippen molar-refractivity contribution in [2.75, 3.05) is 6.61 Å². The Morgan fingerprint density at radius 2 is 1.55 bits per heavy atom. The molecule has 0 saturated carbocycles. The molecule has 0 aliphatic heterocycles. The van der Waals surface area contributed by atoms with Gasteiger partial charge in [0.25, 0.3) is 5.60 Å². The molecule has 0 atom stereocenters. The number of ether oxygens (including phenoxy) is 1. The van der Waals surface area contributed by atoms with Crippen LogP contribution in [0.15, 0.2) is 24.0 Å². The lowest BCUT2D eigenvalue weighted by Gasteiger charge is -2.32. The van der Waals surface area contributed by atoms with Crippen molar-refractivity contribution in [1.82, 2.24) is 0 Å². The average Bonchev–Trinajstić information content (AvgIpc) is 2.21. The van der Waals surface area contributed by atoms with Gasteiger partial charge in [-0.25, -0.2) is 0 Å². The van der Waals surface area contributed by atoms with E-state index in [2.05, 4.69) is 4.74 Å². The fourth-order valence-electron chi connectivity index (χ4n) is 1.16. The van der Waals surface area contributed by atoms with Crippen LogP contribution in [0.4, 0.5) is 26.3 Å². The summed E-state index contributed by atoms with van der Waals surface area (Å²) in [5, 5.41) is 8.91. The Kier molecular flexibility index (Phi) is 6.13. The summed E-state index contributed by atoms with van der Waals surface area (Å²) < 4.78 is 79.0. The Morgan fingerprint density at radius 3 is 1.85 bits per heavy atom. The minimum atomic E-state index is -5.88. The van der Waals surface area contributed by atoms with Gasteiger partial charge in [0.2, 0.25) is 0 Å². The van der Waals surface area contributed by atoms with Crippen molar-refractivity contribution in [2.24, 2.45) is 5.92 Å². The zero-order valence-electron chi connectivity index (χ0n) is 11.1. The number of aliphatic hydroxyl groups is 1. The molecule has 0 aromatic heterocycles. The standard InChI is InChI=1S/C12H16F6O2/c1-4-5-9(6-8(2)3)20-7-10(19,11(13,14)15)12(16,17)18/h4-6,8,19H,7H2,1-3H3/b5-4-,9-6+. The van der Waals surface area contributed by atoms with Crippen LogP contribution in [0.1, 0.15) is 20.8 Å². The van der Waals surface area contributed by atoms with E-state index in [1.54, 1.807) is 13.8 Å². The van der Waals surface area contributed by atoms with E-state index in [-0.39, 0.29) is 11.7 Å². The molecule has 2 nitrogen and oxygen atoms in total. The van der Waals surface area contributed by atoms with E-state index < -0.39 is 24.6 Å². The summed E-state index contributed by atoms with van der Waals surface area (Å²) in [5.41, 5.74) is -4.91. The molecule has 0 bridgehead atoms. The molecule has 0 aromatic rings. The smallest absolute Gasteiger partial charge is 0.429 e. The Bertz CT molecular complexity index is 351. The second-order valence-corrected chi connectivity index (χ2v) is 4.46. The van der Waals surface area contributed by atoms with Crippen LogP contribution in [-0.2, 0) is 4.74 Å². The third-order valence-electron chi connectivity index (χ3n) is 2.21. The lowest BCUT2D eigenvalue weighted by Crippen LogP contribution is -2.59. The fraction of sp³-hybridized carbons (Fsp3) is 0.667. The van der Waals surface area contributed by atoms with E-state index in [0.29, 0.717) is 0 Å². The second kappa shape index (κ2) is 6.51. The molecule has 0 unspecified atom stereocenters. The van der Waals surface area contributed by atoms with Gasteiger partial charge in [-0.15, -0.1) is 0 Å². The Hall–Kier alpha value is -1.18. The molecular weight excluding hydrogens is 290 g/mol. The summed E-state index contributed by atoms with van der Waals surface area (Å²) in [6.45, 7) is 2.92. The van der Waals surface area contributed by atoms with E-state index in [1.165, 1.54) is 25.2 Å². The highest BCUT2D eigenvalue weighted by Crippen LogP contribution is 2.43. The molecule has 118 valence electrons. The van der Waals surface area contributed by atoms with Crippen molar-refractivity contribution < 1.29 is 36.2 Å². The molecule has 0 fully saturated rings. The predicted molar refractivity (Wildman–Crippen MR) is 60.7 cm³/mol. The largest absolute Gasteiger partial charge is 0.490 e. The molecule has 0 heterocycles. The minimum absolute atomic E-state index is 0.147. The van der Waals surface area contributed by atoms with Gasteiger partial charge in [0.15, 0.2) is 0 Å². The van der Waals surface area contributed by atoms with Crippen LogP contribution in [0.3, 0.4) is 0 Å². The molecule has 0 aliphatic carbocycles. The maximum absolute atomic E-state index is 12.4. The van der Waals surface area contributed by atoms with Crippen LogP contribution >= 0.6 is 0 Å². The monoisotopic (exact) mass is 306 g/mol. The van der Waals surface area contributed by atoms with Crippen molar-refractivity contribution in [2.45, 2.75) is 38.7 Å². The number of hydrogen-bond donors (Lipinski definition) is 1. The van der Waals surface area contributed by atoms with Gasteiger partial charge >= 0.3 is 12.4 Å². The number of allylic oxidation sites excluding steroid dienone is 3. The lowest BCUT2D eigenvalue weighted by atomic mass is 10.0. The number of hydrogen-bond acceptors (Lipinski definition) is 2. The number of alkyl halides is 6. The predicted octanol–water partition coefficient (Wildman–Crippen LogP) is 3.97. The zero-order valence-corrected chi connectivity index (χ0v) is 11.1. The Labute approximate surface area is 112 Å². The van der Waals surface area contributed by atoms with E-state index in [4.69, 9.17) is 5.11 Å². The summed E-state index contributed by atoms with van der Waals surface area (Å²) >= 11 is 0. The van der Waals surface area contributed by atoms with Crippen LogP contribution in [0, 0.1) is 5.92 Å². The van der Waals surface area contributed by atoms with Gasteiger partial charge in [-0.2, -0.15) is 26.3 Å². The number of rotatable bonds is 5. The van der Waals surface area contributed by atoms with Crippen molar-refractivity contribution in [1.29, 1.82) is 0 Å². The van der Waals surface area contributed by atoms with Crippen LogP contribution in [0.5, 0.6) is 0 Å². The first kappa shape index (κ1) is 18.8. The maximum Gasteiger partial charge on any atom is 0.429 e. The van der Waals surface area contributed by atoms with Gasteiger partial charge in [0.05, 0.1) is 0 Å². The van der Waals surface area contributed by atoms with Crippen LogP contribution < -0.4 is 0 Å². The van der Waals surface area contributed by atoms with E-state index >= 15 is 0 Å². The third-order valence-corrected chi connectivity index (χ3v) is 2.21. The van der Waals surface area contributed by atoms with Crippen LogP contribution in [-0.4, -0.2) is 29.7 Å². The Morgan fingerprint density at radius 1 is 1.10 bits per heavy atom. The first-order valence-corrected chi connectivity index (χ1v) is 5.68. The van der Waals surface area contributed by atoms with Crippen molar-refractivity contribution in [3.8, 4) is 0 Å². The summed E-state index contributed by atoms with van der Waals surface area (Å²) in [7, 11) is 0. The quantitative estimate of drug-likeness (QED) is 0.473. The highest BCUT2D eigenvalue weighted by molar-refractivity contribution is 5.12. The van der Waals surface area contributed by atoms with Crippen molar-refractivity contribution in [3.63, 3.8) is 0 Å². The molecule has 0 spiro atoms. The van der Waals surface area contributed by atoms with Gasteiger partial charge in [-0.3, -0.25) is 0 Å². The molecule has 0 amide bonds. The summed E-state index contributed by atoms with van der Waals surface area (Å²) in [6, 6.07) is 0. The zero-order chi connectivity index (χ0) is 16.2. The summed E-state index contributed by atoms with van der Waals surface area (Å²) in [6.07, 6.45) is -7.82. The third kappa shape index (κ3) is 4.73.